The van der Waals surface area contributed by atoms with E-state index in [1.807, 2.05) is 0 Å². The van der Waals surface area contributed by atoms with Gasteiger partial charge in [-0.15, -0.1) is 0 Å². The van der Waals surface area contributed by atoms with E-state index < -0.39 is 17.9 Å². The monoisotopic (exact) mass is 292 g/mol. The van der Waals surface area contributed by atoms with Gasteiger partial charge in [-0.25, -0.2) is 9.18 Å². The fraction of sp³-hybridized carbons (Fsp3) is 0.300. The number of ether oxygens (including phenoxy) is 1. The number of halogens is 2. The first-order chi connectivity index (χ1) is 7.56. The number of aliphatic carboxylic acids is 1. The molecule has 0 spiro atoms. The van der Waals surface area contributed by atoms with Gasteiger partial charge in [0.05, 0.1) is 13.2 Å². The summed E-state index contributed by atoms with van der Waals surface area (Å²) in [5, 5.41) is 17.4. The maximum absolute atomic E-state index is 13.4. The van der Waals surface area contributed by atoms with Gasteiger partial charge in [-0.1, -0.05) is 15.9 Å². The number of benzene rings is 1. The van der Waals surface area contributed by atoms with Gasteiger partial charge in [-0.3, -0.25) is 0 Å². The number of carboxylic acid groups (broad SMARTS) is 1. The Morgan fingerprint density at radius 2 is 2.25 bits per heavy atom. The van der Waals surface area contributed by atoms with Crippen LogP contribution in [0, 0.1) is 5.82 Å². The van der Waals surface area contributed by atoms with E-state index in [0.29, 0.717) is 4.47 Å². The highest BCUT2D eigenvalue weighted by Gasteiger charge is 2.23. The standard InChI is InChI=1S/C10H10BrFO4/c11-6-1-2-8(12)7(5-6)9(10(14)15)16-4-3-13/h1-2,5,9,13H,3-4H2,(H,14,15). The summed E-state index contributed by atoms with van der Waals surface area (Å²) in [6, 6.07) is 3.95. The van der Waals surface area contributed by atoms with E-state index in [1.54, 1.807) is 0 Å². The van der Waals surface area contributed by atoms with E-state index in [4.69, 9.17) is 14.9 Å². The minimum absolute atomic E-state index is 0.0738. The van der Waals surface area contributed by atoms with Crippen LogP contribution in [0.1, 0.15) is 11.7 Å². The largest absolute Gasteiger partial charge is 0.479 e. The third kappa shape index (κ3) is 3.26. The van der Waals surface area contributed by atoms with Crippen molar-refractivity contribution >= 4 is 21.9 Å². The Morgan fingerprint density at radius 1 is 1.56 bits per heavy atom. The van der Waals surface area contributed by atoms with Crippen LogP contribution in [0.15, 0.2) is 22.7 Å². The molecule has 1 aromatic rings. The van der Waals surface area contributed by atoms with Gasteiger partial charge in [-0.2, -0.15) is 0 Å². The lowest BCUT2D eigenvalue weighted by Crippen LogP contribution is -2.18. The molecule has 0 aromatic heterocycles. The molecule has 0 aliphatic heterocycles. The maximum Gasteiger partial charge on any atom is 0.337 e. The van der Waals surface area contributed by atoms with Gasteiger partial charge in [0.25, 0.3) is 0 Å². The second-order valence-electron chi connectivity index (χ2n) is 2.98. The van der Waals surface area contributed by atoms with Crippen molar-refractivity contribution in [2.75, 3.05) is 13.2 Å². The number of hydrogen-bond donors (Lipinski definition) is 2. The average Bonchev–Trinajstić information content (AvgIpc) is 2.23. The smallest absolute Gasteiger partial charge is 0.337 e. The van der Waals surface area contributed by atoms with Gasteiger partial charge < -0.3 is 14.9 Å². The van der Waals surface area contributed by atoms with Gasteiger partial charge in [0.2, 0.25) is 0 Å². The van der Waals surface area contributed by atoms with Crippen molar-refractivity contribution in [2.24, 2.45) is 0 Å². The molecule has 2 N–H and O–H groups in total. The summed E-state index contributed by atoms with van der Waals surface area (Å²) in [5.74, 6) is -1.96. The van der Waals surface area contributed by atoms with Crippen LogP contribution in [0.2, 0.25) is 0 Å². The first-order valence-corrected chi connectivity index (χ1v) is 5.25. The number of hydrogen-bond acceptors (Lipinski definition) is 3. The predicted molar refractivity (Wildman–Crippen MR) is 57.5 cm³/mol. The predicted octanol–water partition coefficient (Wildman–Crippen LogP) is 1.72. The highest BCUT2D eigenvalue weighted by Crippen LogP contribution is 2.24. The van der Waals surface area contributed by atoms with E-state index in [9.17, 15) is 9.18 Å². The SMILES string of the molecule is O=C(O)C(OCCO)c1cc(Br)ccc1F. The molecule has 1 atom stereocenters. The second kappa shape index (κ2) is 5.93. The summed E-state index contributed by atoms with van der Waals surface area (Å²) in [6.45, 7) is -0.484. The molecule has 0 amide bonds. The van der Waals surface area contributed by atoms with Crippen molar-refractivity contribution in [1.29, 1.82) is 0 Å². The zero-order chi connectivity index (χ0) is 12.1. The minimum atomic E-state index is -1.41. The van der Waals surface area contributed by atoms with Crippen LogP contribution in [-0.2, 0) is 9.53 Å². The van der Waals surface area contributed by atoms with Crippen molar-refractivity contribution in [2.45, 2.75) is 6.10 Å². The first kappa shape index (κ1) is 13.1. The van der Waals surface area contributed by atoms with Gasteiger partial charge in [0.1, 0.15) is 5.82 Å². The summed E-state index contributed by atoms with van der Waals surface area (Å²) in [5.41, 5.74) is -0.0738. The van der Waals surface area contributed by atoms with E-state index >= 15 is 0 Å². The van der Waals surface area contributed by atoms with Crippen molar-refractivity contribution in [3.05, 3.63) is 34.1 Å². The van der Waals surface area contributed by atoms with Gasteiger partial charge in [0.15, 0.2) is 6.10 Å². The molecule has 0 aliphatic rings. The molecule has 1 aromatic carbocycles. The van der Waals surface area contributed by atoms with Crippen molar-refractivity contribution in [1.82, 2.24) is 0 Å². The average molecular weight is 293 g/mol. The molecule has 0 heterocycles. The fourth-order valence-corrected chi connectivity index (χ4v) is 1.56. The summed E-state index contributed by atoms with van der Waals surface area (Å²) < 4.78 is 18.8. The molecule has 0 radical (unpaired) electrons. The van der Waals surface area contributed by atoms with Crippen LogP contribution in [0.25, 0.3) is 0 Å². The Balaban J connectivity index is 3.00. The molecule has 6 heteroatoms. The molecule has 88 valence electrons. The Labute approximate surface area is 99.8 Å². The summed E-state index contributed by atoms with van der Waals surface area (Å²) in [7, 11) is 0. The minimum Gasteiger partial charge on any atom is -0.479 e. The molecule has 0 fully saturated rings. The summed E-state index contributed by atoms with van der Waals surface area (Å²) in [6.07, 6.45) is -1.41. The number of carbonyl (C=O) groups is 1. The quantitative estimate of drug-likeness (QED) is 0.867. The molecule has 1 unspecified atom stereocenters. The van der Waals surface area contributed by atoms with Crippen LogP contribution in [0.5, 0.6) is 0 Å². The molecule has 0 aliphatic carbocycles. The van der Waals surface area contributed by atoms with Crippen molar-refractivity contribution in [3.63, 3.8) is 0 Å². The normalized spacial score (nSPS) is 12.4. The maximum atomic E-state index is 13.4. The Kier molecular flexibility index (Phi) is 4.85. The lowest BCUT2D eigenvalue weighted by atomic mass is 10.1. The molecular formula is C10H10BrFO4. The van der Waals surface area contributed by atoms with E-state index in [2.05, 4.69) is 15.9 Å². The molecule has 4 nitrogen and oxygen atoms in total. The molecule has 0 saturated carbocycles. The van der Waals surface area contributed by atoms with Gasteiger partial charge >= 0.3 is 5.97 Å². The van der Waals surface area contributed by atoms with Gasteiger partial charge in [-0.05, 0) is 18.2 Å². The van der Waals surface area contributed by atoms with Crippen LogP contribution in [0.3, 0.4) is 0 Å². The summed E-state index contributed by atoms with van der Waals surface area (Å²) in [4.78, 5) is 10.9. The summed E-state index contributed by atoms with van der Waals surface area (Å²) >= 11 is 3.12. The Morgan fingerprint density at radius 3 is 2.81 bits per heavy atom. The van der Waals surface area contributed by atoms with Crippen LogP contribution < -0.4 is 0 Å². The lowest BCUT2D eigenvalue weighted by Gasteiger charge is -2.14. The Bertz CT molecular complexity index is 383. The van der Waals surface area contributed by atoms with Crippen LogP contribution >= 0.6 is 15.9 Å². The first-order valence-electron chi connectivity index (χ1n) is 4.46. The third-order valence-electron chi connectivity index (χ3n) is 1.84. The topological polar surface area (TPSA) is 66.8 Å². The fourth-order valence-electron chi connectivity index (χ4n) is 1.18. The highest BCUT2D eigenvalue weighted by molar-refractivity contribution is 9.10. The number of aliphatic hydroxyl groups excluding tert-OH is 1. The molecular weight excluding hydrogens is 283 g/mol. The third-order valence-corrected chi connectivity index (χ3v) is 2.33. The molecule has 0 saturated heterocycles. The zero-order valence-corrected chi connectivity index (χ0v) is 9.78. The van der Waals surface area contributed by atoms with E-state index in [1.165, 1.54) is 12.1 Å². The van der Waals surface area contributed by atoms with E-state index in [0.717, 1.165) is 6.07 Å². The zero-order valence-electron chi connectivity index (χ0n) is 8.19. The number of carboxylic acids is 1. The lowest BCUT2D eigenvalue weighted by molar-refractivity contribution is -0.151. The van der Waals surface area contributed by atoms with Gasteiger partial charge in [0, 0.05) is 10.0 Å². The van der Waals surface area contributed by atoms with Crippen molar-refractivity contribution < 1.29 is 24.1 Å². The molecule has 0 bridgehead atoms. The molecule has 1 rings (SSSR count). The van der Waals surface area contributed by atoms with Crippen molar-refractivity contribution in [3.8, 4) is 0 Å². The molecule has 16 heavy (non-hydrogen) atoms. The second-order valence-corrected chi connectivity index (χ2v) is 3.89. The number of aliphatic hydroxyl groups is 1. The highest BCUT2D eigenvalue weighted by atomic mass is 79.9. The Hall–Kier alpha value is -0.980. The number of rotatable bonds is 5. The van der Waals surface area contributed by atoms with Crippen LogP contribution in [-0.4, -0.2) is 29.4 Å². The van der Waals surface area contributed by atoms with Crippen LogP contribution in [0.4, 0.5) is 4.39 Å². The van der Waals surface area contributed by atoms with E-state index in [-0.39, 0.29) is 18.8 Å².